The first-order chi connectivity index (χ1) is 12.9. The van der Waals surface area contributed by atoms with Crippen LogP contribution in [0.5, 0.6) is 0 Å². The van der Waals surface area contributed by atoms with Gasteiger partial charge in [-0.15, -0.1) is 23.1 Å². The number of halogens is 2. The van der Waals surface area contributed by atoms with Gasteiger partial charge in [-0.1, -0.05) is 49.2 Å². The van der Waals surface area contributed by atoms with Gasteiger partial charge in [0.1, 0.15) is 0 Å². The van der Waals surface area contributed by atoms with Gasteiger partial charge < -0.3 is 5.32 Å². The molecule has 0 spiro atoms. The predicted octanol–water partition coefficient (Wildman–Crippen LogP) is 6.80. The first-order valence-electron chi connectivity index (χ1n) is 8.37. The van der Waals surface area contributed by atoms with E-state index < -0.39 is 0 Å². The SMILES string of the molecule is CC(C)Sc1ccc(CC(=O)Nc2nc(-c3ccc(Cl)cc3Cl)cs2)cc1. The van der Waals surface area contributed by atoms with E-state index in [0.29, 0.717) is 32.5 Å². The third-order valence-corrected chi connectivity index (χ3v) is 5.94. The molecular formula is C20H18Cl2N2OS2. The third-order valence-electron chi connectivity index (χ3n) is 3.62. The van der Waals surface area contributed by atoms with Gasteiger partial charge in [0.2, 0.25) is 5.91 Å². The summed E-state index contributed by atoms with van der Waals surface area (Å²) in [5.41, 5.74) is 2.47. The standard InChI is InChI=1S/C20H18Cl2N2OS2/c1-12(2)27-15-6-3-13(4-7-15)9-19(25)24-20-23-18(11-26-20)16-8-5-14(21)10-17(16)22/h3-8,10-12H,9H2,1-2H3,(H,23,24,25). The van der Waals surface area contributed by atoms with Crippen molar-refractivity contribution < 1.29 is 4.79 Å². The minimum Gasteiger partial charge on any atom is -0.302 e. The Hall–Kier alpha value is -1.53. The number of nitrogens with zero attached hydrogens (tertiary/aromatic N) is 1. The highest BCUT2D eigenvalue weighted by atomic mass is 35.5. The molecule has 2 aromatic carbocycles. The van der Waals surface area contributed by atoms with Gasteiger partial charge in [-0.05, 0) is 35.9 Å². The molecule has 0 saturated heterocycles. The molecule has 7 heteroatoms. The van der Waals surface area contributed by atoms with Gasteiger partial charge in [-0.3, -0.25) is 4.79 Å². The summed E-state index contributed by atoms with van der Waals surface area (Å²) in [7, 11) is 0. The van der Waals surface area contributed by atoms with Crippen LogP contribution in [0.2, 0.25) is 10.0 Å². The topological polar surface area (TPSA) is 42.0 Å². The van der Waals surface area contributed by atoms with Crippen molar-refractivity contribution in [2.24, 2.45) is 0 Å². The second-order valence-electron chi connectivity index (χ2n) is 6.20. The Morgan fingerprint density at radius 2 is 1.93 bits per heavy atom. The fourth-order valence-corrected chi connectivity index (χ4v) is 4.53. The Labute approximate surface area is 177 Å². The smallest absolute Gasteiger partial charge is 0.230 e. The van der Waals surface area contributed by atoms with Crippen molar-refractivity contribution in [1.29, 1.82) is 0 Å². The van der Waals surface area contributed by atoms with Crippen LogP contribution in [0.3, 0.4) is 0 Å². The summed E-state index contributed by atoms with van der Waals surface area (Å²) in [6, 6.07) is 13.4. The number of thioether (sulfide) groups is 1. The van der Waals surface area contributed by atoms with Crippen LogP contribution < -0.4 is 5.32 Å². The summed E-state index contributed by atoms with van der Waals surface area (Å²) in [6.45, 7) is 4.32. The fraction of sp³-hybridized carbons (Fsp3) is 0.200. The molecule has 3 aromatic rings. The van der Waals surface area contributed by atoms with Crippen LogP contribution >= 0.6 is 46.3 Å². The Balaban J connectivity index is 1.62. The van der Waals surface area contributed by atoms with Crippen LogP contribution in [0, 0.1) is 0 Å². The molecule has 0 bridgehead atoms. The number of amides is 1. The van der Waals surface area contributed by atoms with Crippen molar-refractivity contribution in [2.75, 3.05) is 5.32 Å². The van der Waals surface area contributed by atoms with Crippen molar-refractivity contribution in [3.63, 3.8) is 0 Å². The molecule has 0 radical (unpaired) electrons. The quantitative estimate of drug-likeness (QED) is 0.431. The van der Waals surface area contributed by atoms with E-state index in [9.17, 15) is 4.79 Å². The molecule has 0 atom stereocenters. The van der Waals surface area contributed by atoms with Gasteiger partial charge in [-0.2, -0.15) is 0 Å². The van der Waals surface area contributed by atoms with Gasteiger partial charge in [0.05, 0.1) is 17.1 Å². The average Bonchev–Trinajstić information content (AvgIpc) is 3.04. The van der Waals surface area contributed by atoms with Crippen LogP contribution in [0.25, 0.3) is 11.3 Å². The monoisotopic (exact) mass is 436 g/mol. The zero-order valence-electron chi connectivity index (χ0n) is 14.8. The predicted molar refractivity (Wildman–Crippen MR) is 117 cm³/mol. The molecule has 27 heavy (non-hydrogen) atoms. The van der Waals surface area contributed by atoms with Gasteiger partial charge >= 0.3 is 0 Å². The highest BCUT2D eigenvalue weighted by Gasteiger charge is 2.11. The molecule has 3 rings (SSSR count). The lowest BCUT2D eigenvalue weighted by molar-refractivity contribution is -0.115. The molecule has 0 saturated carbocycles. The lowest BCUT2D eigenvalue weighted by Gasteiger charge is -2.06. The Bertz CT molecular complexity index is 939. The summed E-state index contributed by atoms with van der Waals surface area (Å²) in [5, 5.41) is 6.91. The largest absolute Gasteiger partial charge is 0.302 e. The third kappa shape index (κ3) is 5.72. The van der Waals surface area contributed by atoms with E-state index in [2.05, 4.69) is 36.3 Å². The Morgan fingerprint density at radius 1 is 1.19 bits per heavy atom. The van der Waals surface area contributed by atoms with Gasteiger partial charge in [0.15, 0.2) is 5.13 Å². The Morgan fingerprint density at radius 3 is 2.59 bits per heavy atom. The molecule has 1 aromatic heterocycles. The summed E-state index contributed by atoms with van der Waals surface area (Å²) in [5.74, 6) is -0.0950. The van der Waals surface area contributed by atoms with Gasteiger partial charge in [-0.25, -0.2) is 4.98 Å². The van der Waals surface area contributed by atoms with Crippen molar-refractivity contribution in [1.82, 2.24) is 4.98 Å². The number of hydrogen-bond acceptors (Lipinski definition) is 4. The summed E-state index contributed by atoms with van der Waals surface area (Å²) >= 11 is 15.3. The lowest BCUT2D eigenvalue weighted by Crippen LogP contribution is -2.14. The number of rotatable bonds is 6. The number of thiazole rings is 1. The van der Waals surface area contributed by atoms with E-state index in [4.69, 9.17) is 23.2 Å². The van der Waals surface area contributed by atoms with E-state index in [1.165, 1.54) is 16.2 Å². The van der Waals surface area contributed by atoms with Crippen LogP contribution in [-0.4, -0.2) is 16.1 Å². The Kier molecular flexibility index (Phi) is 6.82. The molecule has 140 valence electrons. The number of benzene rings is 2. The lowest BCUT2D eigenvalue weighted by atomic mass is 10.1. The summed E-state index contributed by atoms with van der Waals surface area (Å²) < 4.78 is 0. The summed E-state index contributed by atoms with van der Waals surface area (Å²) in [6.07, 6.45) is 0.309. The maximum atomic E-state index is 12.3. The number of anilines is 1. The highest BCUT2D eigenvalue weighted by molar-refractivity contribution is 7.99. The number of carbonyl (C=O) groups is 1. The van der Waals surface area contributed by atoms with Crippen LogP contribution in [0.15, 0.2) is 52.7 Å². The zero-order chi connectivity index (χ0) is 19.4. The van der Waals surface area contributed by atoms with Crippen LogP contribution in [0.4, 0.5) is 5.13 Å². The van der Waals surface area contributed by atoms with Crippen LogP contribution in [0.1, 0.15) is 19.4 Å². The second kappa shape index (κ2) is 9.11. The van der Waals surface area contributed by atoms with Gasteiger partial charge in [0.25, 0.3) is 0 Å². The molecule has 0 unspecified atom stereocenters. The number of nitrogens with one attached hydrogen (secondary N) is 1. The van der Waals surface area contributed by atoms with Crippen molar-refractivity contribution in [2.45, 2.75) is 30.4 Å². The van der Waals surface area contributed by atoms with Crippen molar-refractivity contribution >= 4 is 57.3 Å². The highest BCUT2D eigenvalue weighted by Crippen LogP contribution is 2.32. The van der Waals surface area contributed by atoms with E-state index >= 15 is 0 Å². The van der Waals surface area contributed by atoms with Gasteiger partial charge in [0, 0.05) is 26.1 Å². The van der Waals surface area contributed by atoms with E-state index in [1.54, 1.807) is 23.9 Å². The normalized spacial score (nSPS) is 11.0. The maximum absolute atomic E-state index is 12.3. The molecule has 0 aliphatic heterocycles. The van der Waals surface area contributed by atoms with E-state index in [0.717, 1.165) is 11.1 Å². The maximum Gasteiger partial charge on any atom is 0.230 e. The number of hydrogen-bond donors (Lipinski definition) is 1. The number of carbonyl (C=O) groups excluding carboxylic acids is 1. The fourth-order valence-electron chi connectivity index (χ4n) is 2.46. The zero-order valence-corrected chi connectivity index (χ0v) is 18.0. The van der Waals surface area contributed by atoms with E-state index in [1.807, 2.05) is 23.6 Å². The molecular weight excluding hydrogens is 419 g/mol. The molecule has 0 aliphatic rings. The molecule has 0 fully saturated rings. The minimum absolute atomic E-state index is 0.0950. The molecule has 1 amide bonds. The van der Waals surface area contributed by atoms with Crippen LogP contribution in [-0.2, 0) is 11.2 Å². The molecule has 1 N–H and O–H groups in total. The van der Waals surface area contributed by atoms with Crippen molar-refractivity contribution in [3.05, 3.63) is 63.5 Å². The second-order valence-corrected chi connectivity index (χ2v) is 9.55. The molecule has 0 aliphatic carbocycles. The molecule has 3 nitrogen and oxygen atoms in total. The first kappa shape index (κ1) is 20.2. The van der Waals surface area contributed by atoms with E-state index in [-0.39, 0.29) is 5.91 Å². The molecule has 1 heterocycles. The minimum atomic E-state index is -0.0950. The summed E-state index contributed by atoms with van der Waals surface area (Å²) in [4.78, 5) is 18.0. The number of aromatic nitrogens is 1. The first-order valence-corrected chi connectivity index (χ1v) is 10.9. The average molecular weight is 437 g/mol. The van der Waals surface area contributed by atoms with Crippen molar-refractivity contribution in [3.8, 4) is 11.3 Å².